The molecule has 0 saturated heterocycles. The van der Waals surface area contributed by atoms with Crippen LogP contribution in [-0.2, 0) is 33.6 Å². The Labute approximate surface area is 183 Å². The van der Waals surface area contributed by atoms with Gasteiger partial charge < -0.3 is 14.8 Å². The molecule has 170 valence electrons. The van der Waals surface area contributed by atoms with Gasteiger partial charge in [0.1, 0.15) is 0 Å². The van der Waals surface area contributed by atoms with Gasteiger partial charge in [-0.05, 0) is 6.92 Å². The normalized spacial score (nSPS) is 17.4. The van der Waals surface area contributed by atoms with Gasteiger partial charge in [0, 0.05) is 42.4 Å². The van der Waals surface area contributed by atoms with Crippen LogP contribution in [0.15, 0.2) is 36.5 Å². The number of nitrogens with zero attached hydrogens (tertiary/aromatic N) is 3. The van der Waals surface area contributed by atoms with Gasteiger partial charge in [0.25, 0.3) is 35.4 Å². The number of nitrogens with one attached hydrogen (secondary N) is 1. The number of carbonyl (C=O) groups excluding carboxylic acids is 7. The van der Waals surface area contributed by atoms with Crippen LogP contribution in [0.1, 0.15) is 6.92 Å². The molecule has 0 saturated carbocycles. The largest absolute Gasteiger partial charge is 0.550 e. The average molecular weight is 446 g/mol. The number of hydrogen-bond acceptors (Lipinski definition) is 8. The first-order chi connectivity index (χ1) is 15.1. The van der Waals surface area contributed by atoms with E-state index in [0.717, 1.165) is 26.5 Å². The molecule has 3 rings (SSSR count). The number of amides is 6. The number of imide groups is 3. The smallest absolute Gasteiger partial charge is 0.253 e. The molecule has 0 aliphatic carbocycles. The lowest BCUT2D eigenvalue weighted by molar-refractivity contribution is -0.897. The highest BCUT2D eigenvalue weighted by molar-refractivity contribution is 6.14. The summed E-state index contributed by atoms with van der Waals surface area (Å²) in [5.74, 6) is -3.46. The molecular weight excluding hydrogens is 424 g/mol. The van der Waals surface area contributed by atoms with E-state index in [0.29, 0.717) is 19.6 Å². The fourth-order valence-electron chi connectivity index (χ4n) is 3.14. The Kier molecular flexibility index (Phi) is 8.30. The molecule has 0 fully saturated rings. The first kappa shape index (κ1) is 24.3. The van der Waals surface area contributed by atoms with Crippen molar-refractivity contribution in [3.63, 3.8) is 0 Å². The van der Waals surface area contributed by atoms with Crippen LogP contribution in [0.2, 0.25) is 0 Å². The van der Waals surface area contributed by atoms with E-state index >= 15 is 0 Å². The number of quaternary nitrogens is 1. The first-order valence-electron chi connectivity index (χ1n) is 9.72. The minimum atomic E-state index is -1.08. The number of hydrogen-bond donors (Lipinski definition) is 1. The van der Waals surface area contributed by atoms with Gasteiger partial charge in [-0.3, -0.25) is 43.5 Å². The van der Waals surface area contributed by atoms with E-state index in [1.165, 1.54) is 36.5 Å². The lowest BCUT2D eigenvalue weighted by Crippen LogP contribution is -3.14. The summed E-state index contributed by atoms with van der Waals surface area (Å²) in [4.78, 5) is 83.2. The Morgan fingerprint density at radius 2 is 0.812 bits per heavy atom. The third-order valence-electron chi connectivity index (χ3n) is 4.77. The summed E-state index contributed by atoms with van der Waals surface area (Å²) in [6, 6.07) is 0. The van der Waals surface area contributed by atoms with Crippen molar-refractivity contribution in [2.45, 2.75) is 6.92 Å². The minimum Gasteiger partial charge on any atom is -0.550 e. The van der Waals surface area contributed by atoms with Crippen molar-refractivity contribution in [3.8, 4) is 0 Å². The Morgan fingerprint density at radius 3 is 1.00 bits per heavy atom. The van der Waals surface area contributed by atoms with E-state index in [1.54, 1.807) is 0 Å². The molecule has 0 aromatic carbocycles. The molecule has 12 heteroatoms. The van der Waals surface area contributed by atoms with E-state index < -0.39 is 41.4 Å². The van der Waals surface area contributed by atoms with E-state index in [-0.39, 0.29) is 19.6 Å². The second-order valence-corrected chi connectivity index (χ2v) is 6.98. The maximum atomic E-state index is 11.7. The number of rotatable bonds is 9. The lowest BCUT2D eigenvalue weighted by Gasteiger charge is -2.25. The first-order valence-corrected chi connectivity index (χ1v) is 9.72. The van der Waals surface area contributed by atoms with E-state index in [1.807, 2.05) is 0 Å². The van der Waals surface area contributed by atoms with Gasteiger partial charge >= 0.3 is 0 Å². The standard InChI is InChI=1S/C18H18N4O6.C2H4O2/c23-13-1-2-14(24)20(13)10-7-19(8-11-21-15(25)3-4-16(21)26)9-12-22-17(27)5-6-18(22)28;1-2(3)4/h1-6H,7-12H2;1H3,(H,3,4). The van der Waals surface area contributed by atoms with Gasteiger partial charge in [-0.1, -0.05) is 0 Å². The Balaban J connectivity index is 0.000000837. The predicted octanol–water partition coefficient (Wildman–Crippen LogP) is -4.60. The summed E-state index contributed by atoms with van der Waals surface area (Å²) in [7, 11) is 0. The predicted molar refractivity (Wildman–Crippen MR) is 104 cm³/mol. The molecule has 3 heterocycles. The molecule has 6 amide bonds. The zero-order valence-corrected chi connectivity index (χ0v) is 17.3. The fraction of sp³-hybridized carbons (Fsp3) is 0.350. The van der Waals surface area contributed by atoms with E-state index in [2.05, 4.69) is 0 Å². The van der Waals surface area contributed by atoms with E-state index in [9.17, 15) is 28.8 Å². The zero-order chi connectivity index (χ0) is 23.8. The third-order valence-corrected chi connectivity index (χ3v) is 4.77. The molecule has 0 aromatic rings. The molecule has 32 heavy (non-hydrogen) atoms. The highest BCUT2D eigenvalue weighted by Crippen LogP contribution is 2.03. The minimum absolute atomic E-state index is 0.153. The fourth-order valence-corrected chi connectivity index (χ4v) is 3.14. The average Bonchev–Trinajstić information content (AvgIpc) is 3.33. The molecule has 3 aliphatic heterocycles. The summed E-state index contributed by atoms with van der Waals surface area (Å²) < 4.78 is 0. The molecule has 0 aromatic heterocycles. The van der Waals surface area contributed by atoms with Gasteiger partial charge in [0.2, 0.25) is 0 Å². The molecule has 3 aliphatic rings. The summed E-state index contributed by atoms with van der Waals surface area (Å²) in [6.45, 7) is 2.49. The van der Waals surface area contributed by atoms with Gasteiger partial charge in [-0.15, -0.1) is 0 Å². The van der Waals surface area contributed by atoms with Crippen molar-refractivity contribution in [2.75, 3.05) is 39.3 Å². The number of carbonyl (C=O) groups is 7. The van der Waals surface area contributed by atoms with Gasteiger partial charge in [0.15, 0.2) is 0 Å². The van der Waals surface area contributed by atoms with Crippen molar-refractivity contribution in [3.05, 3.63) is 36.5 Å². The van der Waals surface area contributed by atoms with Gasteiger partial charge in [-0.2, -0.15) is 0 Å². The van der Waals surface area contributed by atoms with Crippen molar-refractivity contribution in [1.82, 2.24) is 14.7 Å². The lowest BCUT2D eigenvalue weighted by atomic mass is 10.3. The highest BCUT2D eigenvalue weighted by atomic mass is 16.4. The third kappa shape index (κ3) is 6.54. The second kappa shape index (κ2) is 10.9. The number of carboxylic acid groups (broad SMARTS) is 1. The Bertz CT molecular complexity index is 769. The molecule has 0 atom stereocenters. The van der Waals surface area contributed by atoms with Crippen LogP contribution < -0.4 is 10.0 Å². The Hall–Kier alpha value is -3.93. The number of aliphatic carboxylic acids is 1. The molecule has 12 nitrogen and oxygen atoms in total. The summed E-state index contributed by atoms with van der Waals surface area (Å²) in [5.41, 5.74) is 0. The van der Waals surface area contributed by atoms with Crippen LogP contribution in [0.3, 0.4) is 0 Å². The highest BCUT2D eigenvalue weighted by Gasteiger charge is 2.29. The van der Waals surface area contributed by atoms with Crippen molar-refractivity contribution >= 4 is 41.4 Å². The van der Waals surface area contributed by atoms with Crippen LogP contribution in [0.25, 0.3) is 0 Å². The summed E-state index contributed by atoms with van der Waals surface area (Å²) >= 11 is 0. The monoisotopic (exact) mass is 446 g/mol. The summed E-state index contributed by atoms with van der Waals surface area (Å²) in [5, 5.41) is 8.89. The molecule has 1 N–H and O–H groups in total. The van der Waals surface area contributed by atoms with Crippen molar-refractivity contribution in [2.24, 2.45) is 0 Å². The van der Waals surface area contributed by atoms with Crippen LogP contribution in [0.5, 0.6) is 0 Å². The molecule has 0 spiro atoms. The van der Waals surface area contributed by atoms with Crippen LogP contribution in [-0.4, -0.2) is 95.4 Å². The molecule has 0 unspecified atom stereocenters. The van der Waals surface area contributed by atoms with E-state index in [4.69, 9.17) is 9.90 Å². The van der Waals surface area contributed by atoms with Crippen molar-refractivity contribution in [1.29, 1.82) is 0 Å². The number of carboxylic acids is 1. The van der Waals surface area contributed by atoms with Crippen LogP contribution in [0, 0.1) is 0 Å². The van der Waals surface area contributed by atoms with Gasteiger partial charge in [-0.25, -0.2) is 0 Å². The second-order valence-electron chi connectivity index (χ2n) is 6.98. The van der Waals surface area contributed by atoms with Crippen LogP contribution >= 0.6 is 0 Å². The maximum Gasteiger partial charge on any atom is 0.253 e. The zero-order valence-electron chi connectivity index (χ0n) is 17.3. The quantitative estimate of drug-likeness (QED) is 0.347. The topological polar surface area (TPSA) is 157 Å². The molecular formula is C20H22N4O8. The SMILES string of the molecule is CC(=O)[O-].O=C1C=CC(=O)N1CC[NH+](CCN1C(=O)C=CC1=O)CCN1C(=O)C=CC1=O. The maximum absolute atomic E-state index is 11.7. The van der Waals surface area contributed by atoms with Crippen LogP contribution in [0.4, 0.5) is 0 Å². The van der Waals surface area contributed by atoms with Crippen molar-refractivity contribution < 1.29 is 43.6 Å². The van der Waals surface area contributed by atoms with Gasteiger partial charge in [0.05, 0.1) is 39.3 Å². The molecule has 0 bridgehead atoms. The Morgan fingerprint density at radius 1 is 0.625 bits per heavy atom. The summed E-state index contributed by atoms with van der Waals surface area (Å²) in [6.07, 6.45) is 7.18. The molecule has 0 radical (unpaired) electrons.